The van der Waals surface area contributed by atoms with Crippen molar-refractivity contribution in [2.45, 2.75) is 64.1 Å². The first-order valence-corrected chi connectivity index (χ1v) is 13.6. The molecule has 1 fully saturated rings. The molecule has 3 atom stereocenters. The molecule has 40 heavy (non-hydrogen) atoms. The van der Waals surface area contributed by atoms with Crippen LogP contribution in [-0.2, 0) is 25.6 Å². The van der Waals surface area contributed by atoms with E-state index < -0.39 is 35.7 Å². The summed E-state index contributed by atoms with van der Waals surface area (Å²) in [5.74, 6) is -1.72. The molecule has 0 aromatic heterocycles. The topological polar surface area (TPSA) is 196 Å². The number of Topliss-reactive ketones (excluding diaryl/α,β-unsaturated/α-hetero) is 1. The summed E-state index contributed by atoms with van der Waals surface area (Å²) in [6.07, 6.45) is 3.06. The first-order valence-electron chi connectivity index (χ1n) is 13.2. The molecule has 1 aromatic rings. The van der Waals surface area contributed by atoms with Gasteiger partial charge < -0.3 is 32.3 Å². The number of hydrazone groups is 1. The Morgan fingerprint density at radius 1 is 1.15 bits per heavy atom. The average molecular weight is 574 g/mol. The number of hydrogen-bond acceptors (Lipinski definition) is 7. The summed E-state index contributed by atoms with van der Waals surface area (Å²) < 4.78 is 0. The number of likely N-dealkylation sites (tertiary alicyclic amines) is 1. The molecular weight excluding hydrogens is 534 g/mol. The molecule has 13 nitrogen and oxygen atoms in total. The number of amides is 3. The maximum atomic E-state index is 13.5. The van der Waals surface area contributed by atoms with E-state index in [-0.39, 0.29) is 36.4 Å². The summed E-state index contributed by atoms with van der Waals surface area (Å²) in [5, 5.41) is 12.5. The van der Waals surface area contributed by atoms with Crippen LogP contribution >= 0.6 is 12.2 Å². The molecule has 1 heterocycles. The predicted octanol–water partition coefficient (Wildman–Crippen LogP) is -0.698. The van der Waals surface area contributed by atoms with Crippen LogP contribution in [0.25, 0.3) is 0 Å². The maximum absolute atomic E-state index is 13.5. The minimum Gasteiger partial charge on any atom is -0.370 e. The van der Waals surface area contributed by atoms with Gasteiger partial charge in [0.25, 0.3) is 0 Å². The van der Waals surface area contributed by atoms with Gasteiger partial charge >= 0.3 is 0 Å². The number of ketones is 1. The summed E-state index contributed by atoms with van der Waals surface area (Å²) >= 11 is 5.04. The van der Waals surface area contributed by atoms with Gasteiger partial charge in [-0.1, -0.05) is 30.3 Å². The first-order chi connectivity index (χ1) is 19.1. The number of thiocarbonyl (C=S) groups is 1. The van der Waals surface area contributed by atoms with Gasteiger partial charge in [-0.3, -0.25) is 29.6 Å². The number of hydrogen-bond donors (Lipinski definition) is 6. The number of benzene rings is 1. The molecular formula is C26H39N9O4S. The quantitative estimate of drug-likeness (QED) is 0.0548. The molecule has 0 saturated carbocycles. The second-order valence-corrected chi connectivity index (χ2v) is 9.67. The monoisotopic (exact) mass is 573 g/mol. The molecule has 0 aliphatic carbocycles. The van der Waals surface area contributed by atoms with Gasteiger partial charge in [-0.25, -0.2) is 0 Å². The first kappa shape index (κ1) is 32.1. The van der Waals surface area contributed by atoms with Crippen LogP contribution in [-0.4, -0.2) is 83.5 Å². The lowest BCUT2D eigenvalue weighted by molar-refractivity contribution is -0.138. The van der Waals surface area contributed by atoms with E-state index in [1.807, 2.05) is 37.3 Å². The molecule has 0 bridgehead atoms. The lowest BCUT2D eigenvalue weighted by atomic mass is 10.0. The second-order valence-electron chi connectivity index (χ2n) is 9.26. The highest BCUT2D eigenvalue weighted by atomic mass is 32.1. The zero-order valence-electron chi connectivity index (χ0n) is 22.9. The number of guanidine groups is 1. The van der Waals surface area contributed by atoms with Gasteiger partial charge in [-0.05, 0) is 50.4 Å². The van der Waals surface area contributed by atoms with Crippen molar-refractivity contribution in [3.05, 3.63) is 35.9 Å². The van der Waals surface area contributed by atoms with E-state index in [4.69, 9.17) is 23.7 Å². The third kappa shape index (κ3) is 11.0. The number of rotatable bonds is 14. The van der Waals surface area contributed by atoms with Crippen LogP contribution in [0.4, 0.5) is 0 Å². The third-order valence-corrected chi connectivity index (χ3v) is 6.41. The number of nitrogens with zero attached hydrogens (tertiary/aromatic N) is 3. The lowest BCUT2D eigenvalue weighted by Gasteiger charge is -2.26. The molecule has 1 aromatic carbocycles. The molecule has 14 heteroatoms. The van der Waals surface area contributed by atoms with E-state index in [1.165, 1.54) is 11.8 Å². The molecule has 0 radical (unpaired) electrons. The van der Waals surface area contributed by atoms with Crippen LogP contribution in [0.3, 0.4) is 0 Å². The summed E-state index contributed by atoms with van der Waals surface area (Å²) in [4.78, 5) is 57.1. The van der Waals surface area contributed by atoms with E-state index in [0.717, 1.165) is 11.8 Å². The van der Waals surface area contributed by atoms with Crippen molar-refractivity contribution < 1.29 is 19.2 Å². The number of carbonyl (C=O) groups is 4. The molecule has 0 unspecified atom stereocenters. The van der Waals surface area contributed by atoms with Crippen molar-refractivity contribution in [1.29, 1.82) is 0 Å². The van der Waals surface area contributed by atoms with Gasteiger partial charge in [0, 0.05) is 33.0 Å². The van der Waals surface area contributed by atoms with Crippen LogP contribution in [0.2, 0.25) is 0 Å². The summed E-state index contributed by atoms with van der Waals surface area (Å²) in [5.41, 5.74) is 14.1. The molecule has 0 spiro atoms. The number of carbonyl (C=O) groups excluding carboxylic acids is 4. The van der Waals surface area contributed by atoms with Crippen LogP contribution in [0.1, 0.15) is 45.1 Å². The Kier molecular flexibility index (Phi) is 13.5. The fourth-order valence-corrected chi connectivity index (χ4v) is 4.45. The van der Waals surface area contributed by atoms with Gasteiger partial charge in [0.2, 0.25) is 17.7 Å². The van der Waals surface area contributed by atoms with E-state index in [1.54, 1.807) is 0 Å². The molecule has 2 rings (SSSR count). The zero-order valence-corrected chi connectivity index (χ0v) is 23.7. The maximum Gasteiger partial charge on any atom is 0.243 e. The minimum absolute atomic E-state index is 0.0771. The van der Waals surface area contributed by atoms with Crippen molar-refractivity contribution in [2.24, 2.45) is 21.6 Å². The Morgan fingerprint density at radius 3 is 2.52 bits per heavy atom. The standard InChI is InChI=1S/C26H39N9O4S/c1-3-29-26(40)34-31-16-22(37)19(11-7-13-30-25(27)28)32-23(38)20(15-18-9-5-4-6-10-18)33-24(39)21-12-8-14-35(21)17(2)36/h4-6,9-10,16,19-21H,3,7-8,11-15H2,1-2H3,(H,32,38)(H,33,39)(H4,27,28,30)(H2,29,34,40)/b31-16+/t19-,20-,21-/m0/s1. The Balaban J connectivity index is 2.21. The Morgan fingerprint density at radius 2 is 1.88 bits per heavy atom. The van der Waals surface area contributed by atoms with Gasteiger partial charge in [-0.2, -0.15) is 5.10 Å². The summed E-state index contributed by atoms with van der Waals surface area (Å²) in [6, 6.07) is 6.58. The van der Waals surface area contributed by atoms with Crippen molar-refractivity contribution in [3.8, 4) is 0 Å². The normalized spacial score (nSPS) is 16.1. The van der Waals surface area contributed by atoms with Crippen molar-refractivity contribution >= 4 is 53.0 Å². The zero-order chi connectivity index (χ0) is 29.5. The SMILES string of the molecule is CCNC(=S)N/N=C/C(=O)[C@H](CCCN=C(N)N)NC(=O)[C@H](Cc1ccccc1)NC(=O)[C@@H]1CCCN1C(C)=O. The van der Waals surface area contributed by atoms with E-state index in [0.29, 0.717) is 32.4 Å². The van der Waals surface area contributed by atoms with E-state index >= 15 is 0 Å². The van der Waals surface area contributed by atoms with E-state index in [9.17, 15) is 19.2 Å². The Bertz CT molecular complexity index is 1090. The van der Waals surface area contributed by atoms with Gasteiger partial charge in [0.1, 0.15) is 12.1 Å². The molecule has 8 N–H and O–H groups in total. The van der Waals surface area contributed by atoms with Crippen molar-refractivity contribution in [2.75, 3.05) is 19.6 Å². The largest absolute Gasteiger partial charge is 0.370 e. The molecule has 1 aliphatic rings. The smallest absolute Gasteiger partial charge is 0.243 e. The predicted molar refractivity (Wildman–Crippen MR) is 157 cm³/mol. The minimum atomic E-state index is -0.992. The number of nitrogens with one attached hydrogen (secondary N) is 4. The molecule has 1 saturated heterocycles. The van der Waals surface area contributed by atoms with E-state index in [2.05, 4.69) is 31.5 Å². The van der Waals surface area contributed by atoms with Crippen LogP contribution in [0, 0.1) is 0 Å². The Hall–Kier alpha value is -4.07. The molecule has 3 amide bonds. The number of aliphatic imine (C=N–C) groups is 1. The summed E-state index contributed by atoms with van der Waals surface area (Å²) in [6.45, 7) is 4.60. The highest BCUT2D eigenvalue weighted by molar-refractivity contribution is 7.80. The van der Waals surface area contributed by atoms with Gasteiger partial charge in [0.15, 0.2) is 16.9 Å². The third-order valence-electron chi connectivity index (χ3n) is 6.18. The Labute approximate surface area is 239 Å². The highest BCUT2D eigenvalue weighted by Gasteiger charge is 2.35. The van der Waals surface area contributed by atoms with Gasteiger partial charge in [-0.15, -0.1) is 0 Å². The second kappa shape index (κ2) is 16.8. The average Bonchev–Trinajstić information content (AvgIpc) is 3.41. The fourth-order valence-electron chi connectivity index (χ4n) is 4.25. The highest BCUT2D eigenvalue weighted by Crippen LogP contribution is 2.18. The van der Waals surface area contributed by atoms with Crippen LogP contribution < -0.4 is 32.8 Å². The van der Waals surface area contributed by atoms with Crippen LogP contribution in [0.15, 0.2) is 40.4 Å². The van der Waals surface area contributed by atoms with Crippen LogP contribution in [0.5, 0.6) is 0 Å². The van der Waals surface area contributed by atoms with Gasteiger partial charge in [0.05, 0.1) is 12.3 Å². The van der Waals surface area contributed by atoms with Crippen molar-refractivity contribution in [1.82, 2.24) is 26.3 Å². The number of nitrogens with two attached hydrogens (primary N) is 2. The fraction of sp³-hybridized carbons (Fsp3) is 0.500. The summed E-state index contributed by atoms with van der Waals surface area (Å²) in [7, 11) is 0. The molecule has 218 valence electrons. The van der Waals surface area contributed by atoms with Crippen molar-refractivity contribution in [3.63, 3.8) is 0 Å². The molecule has 1 aliphatic heterocycles. The lowest BCUT2D eigenvalue weighted by Crippen LogP contribution is -2.56.